The van der Waals surface area contributed by atoms with Gasteiger partial charge in [-0.15, -0.1) is 0 Å². The van der Waals surface area contributed by atoms with Crippen molar-refractivity contribution in [3.8, 4) is 0 Å². The van der Waals surface area contributed by atoms with Crippen molar-refractivity contribution in [2.75, 3.05) is 18.0 Å². The Balaban J connectivity index is 2.04. The number of nitrogens with one attached hydrogen (secondary N) is 1. The van der Waals surface area contributed by atoms with Crippen LogP contribution in [-0.4, -0.2) is 26.8 Å². The van der Waals surface area contributed by atoms with Crippen molar-refractivity contribution < 1.29 is 8.42 Å². The minimum atomic E-state index is -2.30. The summed E-state index contributed by atoms with van der Waals surface area (Å²) in [5.74, 6) is 0.678. The van der Waals surface area contributed by atoms with Crippen LogP contribution in [0.3, 0.4) is 0 Å². The lowest BCUT2D eigenvalue weighted by Crippen LogP contribution is -2.40. The van der Waals surface area contributed by atoms with Gasteiger partial charge in [-0.3, -0.25) is 0 Å². The van der Waals surface area contributed by atoms with Crippen LogP contribution in [0.25, 0.3) is 0 Å². The Morgan fingerprint density at radius 2 is 2.00 bits per heavy atom. The molecule has 5 heteroatoms. The quantitative estimate of drug-likeness (QED) is 0.549. The molecule has 1 heterocycles. The lowest BCUT2D eigenvalue weighted by Gasteiger charge is -2.29. The molecule has 0 aliphatic carbocycles. The van der Waals surface area contributed by atoms with Gasteiger partial charge in [-0.2, -0.15) is 0 Å². The summed E-state index contributed by atoms with van der Waals surface area (Å²) >= 11 is 0. The summed E-state index contributed by atoms with van der Waals surface area (Å²) in [6.07, 6.45) is 1.93. The van der Waals surface area contributed by atoms with Crippen molar-refractivity contribution in [1.29, 1.82) is 0 Å². The van der Waals surface area contributed by atoms with Crippen LogP contribution < -0.4 is 11.1 Å². The standard InChI is InChI=1S/C12H18N2O2S/c13-11-3-1-9(2-4-11)10-5-6-14-12(7-10)8-17(15)16/h1-4,10,12,14,17H,5-8,13H2. The molecule has 1 fully saturated rings. The summed E-state index contributed by atoms with van der Waals surface area (Å²) in [6.45, 7) is 0.878. The van der Waals surface area contributed by atoms with Gasteiger partial charge in [0.1, 0.15) is 10.7 Å². The molecule has 1 aromatic rings. The highest BCUT2D eigenvalue weighted by Crippen LogP contribution is 2.28. The molecule has 2 rings (SSSR count). The first-order valence-electron chi connectivity index (χ1n) is 5.86. The van der Waals surface area contributed by atoms with E-state index in [0.717, 1.165) is 25.1 Å². The van der Waals surface area contributed by atoms with Crippen molar-refractivity contribution in [1.82, 2.24) is 5.32 Å². The Labute approximate surface area is 103 Å². The third kappa shape index (κ3) is 3.44. The topological polar surface area (TPSA) is 72.2 Å². The first-order chi connectivity index (χ1) is 8.15. The van der Waals surface area contributed by atoms with Gasteiger partial charge >= 0.3 is 0 Å². The molecular formula is C12H18N2O2S. The maximum atomic E-state index is 10.7. The summed E-state index contributed by atoms with van der Waals surface area (Å²) in [5.41, 5.74) is 7.68. The number of anilines is 1. The van der Waals surface area contributed by atoms with Gasteiger partial charge in [0.05, 0.1) is 5.75 Å². The zero-order valence-corrected chi connectivity index (χ0v) is 10.5. The fourth-order valence-corrected chi connectivity index (χ4v) is 3.03. The van der Waals surface area contributed by atoms with Crippen molar-refractivity contribution >= 4 is 16.4 Å². The number of thiol groups is 1. The average Bonchev–Trinajstić information content (AvgIpc) is 2.29. The number of nitrogen functional groups attached to an aromatic ring is 1. The number of hydrogen-bond acceptors (Lipinski definition) is 4. The second-order valence-electron chi connectivity index (χ2n) is 4.55. The van der Waals surface area contributed by atoms with Crippen molar-refractivity contribution in [3.63, 3.8) is 0 Å². The van der Waals surface area contributed by atoms with E-state index in [-0.39, 0.29) is 11.8 Å². The van der Waals surface area contributed by atoms with Crippen molar-refractivity contribution in [2.45, 2.75) is 24.8 Å². The number of benzene rings is 1. The molecule has 1 aromatic carbocycles. The van der Waals surface area contributed by atoms with Crippen LogP contribution in [0.1, 0.15) is 24.3 Å². The van der Waals surface area contributed by atoms with Gasteiger partial charge in [0.25, 0.3) is 0 Å². The second kappa shape index (κ2) is 5.51. The van der Waals surface area contributed by atoms with E-state index in [1.54, 1.807) is 0 Å². The van der Waals surface area contributed by atoms with E-state index >= 15 is 0 Å². The molecule has 0 spiro atoms. The van der Waals surface area contributed by atoms with Crippen molar-refractivity contribution in [2.24, 2.45) is 0 Å². The smallest absolute Gasteiger partial charge is 0.141 e. The van der Waals surface area contributed by atoms with E-state index < -0.39 is 10.7 Å². The fourth-order valence-electron chi connectivity index (χ4n) is 2.40. The van der Waals surface area contributed by atoms with Crippen LogP contribution in [0.4, 0.5) is 5.69 Å². The second-order valence-corrected chi connectivity index (χ2v) is 5.58. The van der Waals surface area contributed by atoms with Gasteiger partial charge in [-0.05, 0) is 43.0 Å². The lowest BCUT2D eigenvalue weighted by molar-refractivity contribution is 0.382. The number of piperidine rings is 1. The van der Waals surface area contributed by atoms with Gasteiger partial charge in [0.15, 0.2) is 0 Å². The van der Waals surface area contributed by atoms with E-state index in [1.165, 1.54) is 5.56 Å². The summed E-state index contributed by atoms with van der Waals surface area (Å²) in [4.78, 5) is 0. The fraction of sp³-hybridized carbons (Fsp3) is 0.500. The van der Waals surface area contributed by atoms with Crippen LogP contribution in [0, 0.1) is 0 Å². The van der Waals surface area contributed by atoms with E-state index in [4.69, 9.17) is 5.73 Å². The molecule has 2 atom stereocenters. The van der Waals surface area contributed by atoms with Gasteiger partial charge in [-0.25, -0.2) is 8.42 Å². The van der Waals surface area contributed by atoms with Gasteiger partial charge in [-0.1, -0.05) is 12.1 Å². The molecule has 0 aromatic heterocycles. The Morgan fingerprint density at radius 1 is 1.29 bits per heavy atom. The molecule has 1 aliphatic rings. The molecule has 3 N–H and O–H groups in total. The average molecular weight is 254 g/mol. The Hall–Kier alpha value is -1.07. The molecule has 0 radical (unpaired) electrons. The van der Waals surface area contributed by atoms with Crippen molar-refractivity contribution in [3.05, 3.63) is 29.8 Å². The summed E-state index contributed by atoms with van der Waals surface area (Å²) in [5, 5.41) is 3.25. The molecule has 2 unspecified atom stereocenters. The van der Waals surface area contributed by atoms with E-state index in [1.807, 2.05) is 24.3 Å². The SMILES string of the molecule is Nc1ccc(C2CCNC(C[SH](=O)=O)C2)cc1. The van der Waals surface area contributed by atoms with Crippen LogP contribution in [-0.2, 0) is 10.7 Å². The molecule has 0 amide bonds. The lowest BCUT2D eigenvalue weighted by atomic mass is 9.87. The highest BCUT2D eigenvalue weighted by atomic mass is 32.2. The third-order valence-corrected chi connectivity index (χ3v) is 4.01. The first kappa shape index (κ1) is 12.4. The van der Waals surface area contributed by atoms with Crippen LogP contribution in [0.5, 0.6) is 0 Å². The van der Waals surface area contributed by atoms with Crippen LogP contribution in [0.2, 0.25) is 0 Å². The molecule has 1 aliphatic heterocycles. The number of hydrogen-bond donors (Lipinski definition) is 3. The minimum Gasteiger partial charge on any atom is -0.399 e. The van der Waals surface area contributed by atoms with Gasteiger partial charge < -0.3 is 11.1 Å². The normalized spacial score (nSPS) is 25.0. The monoisotopic (exact) mass is 254 g/mol. The molecule has 0 bridgehead atoms. The van der Waals surface area contributed by atoms with E-state index in [9.17, 15) is 8.42 Å². The first-order valence-corrected chi connectivity index (χ1v) is 7.22. The largest absolute Gasteiger partial charge is 0.399 e. The summed E-state index contributed by atoms with van der Waals surface area (Å²) in [7, 11) is -2.30. The summed E-state index contributed by atoms with van der Waals surface area (Å²) < 4.78 is 21.5. The maximum Gasteiger partial charge on any atom is 0.141 e. The molecule has 1 saturated heterocycles. The Kier molecular flexibility index (Phi) is 4.02. The molecule has 94 valence electrons. The zero-order valence-electron chi connectivity index (χ0n) is 9.63. The minimum absolute atomic E-state index is 0.0902. The number of nitrogens with two attached hydrogens (primary N) is 1. The Morgan fingerprint density at radius 3 is 2.65 bits per heavy atom. The molecule has 0 saturated carbocycles. The highest BCUT2D eigenvalue weighted by Gasteiger charge is 2.23. The van der Waals surface area contributed by atoms with Crippen LogP contribution in [0.15, 0.2) is 24.3 Å². The van der Waals surface area contributed by atoms with Gasteiger partial charge in [0.2, 0.25) is 0 Å². The number of rotatable bonds is 3. The molecule has 4 nitrogen and oxygen atoms in total. The maximum absolute atomic E-state index is 10.7. The Bertz CT molecular complexity index is 434. The molecular weight excluding hydrogens is 236 g/mol. The van der Waals surface area contributed by atoms with Gasteiger partial charge in [0, 0.05) is 11.7 Å². The highest BCUT2D eigenvalue weighted by molar-refractivity contribution is 7.72. The summed E-state index contributed by atoms with van der Waals surface area (Å²) in [6, 6.07) is 7.98. The molecule has 17 heavy (non-hydrogen) atoms. The zero-order chi connectivity index (χ0) is 12.3. The third-order valence-electron chi connectivity index (χ3n) is 3.27. The van der Waals surface area contributed by atoms with Crippen LogP contribution >= 0.6 is 0 Å². The van der Waals surface area contributed by atoms with E-state index in [2.05, 4.69) is 5.32 Å². The van der Waals surface area contributed by atoms with E-state index in [0.29, 0.717) is 5.92 Å². The predicted octanol–water partition coefficient (Wildman–Crippen LogP) is 0.716. The predicted molar refractivity (Wildman–Crippen MR) is 69.8 cm³/mol.